The number of likely N-dealkylation sites (N-methyl/N-ethyl adjacent to an activating group) is 1. The average molecular weight is 227 g/mol. The molecule has 0 atom stereocenters. The molecule has 2 amide bonds. The van der Waals surface area contributed by atoms with Gasteiger partial charge in [-0.25, -0.2) is 4.98 Å². The number of aromatic nitrogens is 1. The molecule has 0 radical (unpaired) electrons. The molecule has 1 aromatic heterocycles. The Morgan fingerprint density at radius 2 is 2.33 bits per heavy atom. The van der Waals surface area contributed by atoms with Crippen molar-refractivity contribution in [2.24, 2.45) is 0 Å². The summed E-state index contributed by atoms with van der Waals surface area (Å²) in [5, 5.41) is 4.16. The molecule has 1 N–H and O–H groups in total. The van der Waals surface area contributed by atoms with Gasteiger partial charge in [-0.2, -0.15) is 0 Å². The Balaban J connectivity index is 2.38. The minimum atomic E-state index is -0.311. The maximum atomic E-state index is 11.4. The van der Waals surface area contributed by atoms with Crippen molar-refractivity contribution in [3.8, 4) is 0 Å². The van der Waals surface area contributed by atoms with Crippen LogP contribution in [0.1, 0.15) is 17.4 Å². The number of carbonyl (C=O) groups excluding carboxylic acids is 2. The Hall–Kier alpha value is -1.43. The second-order valence-corrected chi connectivity index (χ2v) is 3.68. The van der Waals surface area contributed by atoms with E-state index in [1.54, 1.807) is 22.8 Å². The topological polar surface area (TPSA) is 62.3 Å². The Labute approximate surface area is 92.1 Å². The van der Waals surface area contributed by atoms with E-state index < -0.39 is 0 Å². The lowest BCUT2D eigenvalue weighted by Gasteiger charge is -2.14. The zero-order chi connectivity index (χ0) is 11.3. The van der Waals surface area contributed by atoms with Crippen LogP contribution in [0.25, 0.3) is 0 Å². The maximum Gasteiger partial charge on any atom is 0.271 e. The lowest BCUT2D eigenvalue weighted by Crippen LogP contribution is -2.38. The van der Waals surface area contributed by atoms with Crippen LogP contribution in [0.3, 0.4) is 0 Å². The number of carbonyl (C=O) groups is 2. The van der Waals surface area contributed by atoms with Crippen LogP contribution in [-0.4, -0.2) is 41.8 Å². The van der Waals surface area contributed by atoms with Crippen LogP contribution in [-0.2, 0) is 4.79 Å². The summed E-state index contributed by atoms with van der Waals surface area (Å²) in [5.74, 6) is -0.421. The van der Waals surface area contributed by atoms with Gasteiger partial charge in [-0.15, -0.1) is 11.3 Å². The number of hydrogen-bond donors (Lipinski definition) is 1. The molecule has 0 spiro atoms. The summed E-state index contributed by atoms with van der Waals surface area (Å²) >= 11 is 1.35. The Morgan fingerprint density at radius 1 is 1.60 bits per heavy atom. The summed E-state index contributed by atoms with van der Waals surface area (Å²) < 4.78 is 0. The summed E-state index contributed by atoms with van der Waals surface area (Å²) in [4.78, 5) is 28.1. The van der Waals surface area contributed by atoms with Crippen molar-refractivity contribution in [2.45, 2.75) is 6.92 Å². The molecule has 0 aliphatic rings. The highest BCUT2D eigenvalue weighted by atomic mass is 32.1. The first-order valence-electron chi connectivity index (χ1n) is 4.55. The van der Waals surface area contributed by atoms with E-state index in [2.05, 4.69) is 10.3 Å². The minimum absolute atomic E-state index is 0.0146. The normalized spacial score (nSPS) is 9.73. The van der Waals surface area contributed by atoms with Gasteiger partial charge in [0.15, 0.2) is 0 Å². The van der Waals surface area contributed by atoms with Crippen molar-refractivity contribution in [2.75, 3.05) is 20.1 Å². The molecule has 0 saturated carbocycles. The molecule has 0 aliphatic carbocycles. The molecule has 1 aromatic rings. The number of hydrogen-bond acceptors (Lipinski definition) is 4. The first kappa shape index (κ1) is 11.6. The monoisotopic (exact) mass is 227 g/mol. The van der Waals surface area contributed by atoms with E-state index >= 15 is 0 Å². The number of nitrogens with zero attached hydrogens (tertiary/aromatic N) is 2. The van der Waals surface area contributed by atoms with E-state index in [1.807, 2.05) is 6.92 Å². The molecule has 0 fully saturated rings. The summed E-state index contributed by atoms with van der Waals surface area (Å²) in [7, 11) is 1.69. The molecule has 6 heteroatoms. The van der Waals surface area contributed by atoms with Gasteiger partial charge in [0.2, 0.25) is 5.91 Å². The van der Waals surface area contributed by atoms with Crippen LogP contribution < -0.4 is 5.32 Å². The van der Waals surface area contributed by atoms with E-state index in [9.17, 15) is 9.59 Å². The summed E-state index contributed by atoms with van der Waals surface area (Å²) in [6.45, 7) is 2.52. The Kier molecular flexibility index (Phi) is 4.23. The zero-order valence-corrected chi connectivity index (χ0v) is 9.50. The molecule has 15 heavy (non-hydrogen) atoms. The minimum Gasteiger partial charge on any atom is -0.345 e. The predicted octanol–water partition coefficient (Wildman–Crippen LogP) is 0.351. The Morgan fingerprint density at radius 3 is 2.87 bits per heavy atom. The largest absolute Gasteiger partial charge is 0.345 e. The molecule has 0 bridgehead atoms. The van der Waals surface area contributed by atoms with Gasteiger partial charge in [-0.05, 0) is 6.92 Å². The van der Waals surface area contributed by atoms with Gasteiger partial charge in [0.25, 0.3) is 5.91 Å². The van der Waals surface area contributed by atoms with Crippen LogP contribution in [0.2, 0.25) is 0 Å². The number of nitrogens with one attached hydrogen (secondary N) is 1. The third-order valence-electron chi connectivity index (χ3n) is 1.97. The quantitative estimate of drug-likeness (QED) is 0.807. The highest BCUT2D eigenvalue weighted by Gasteiger charge is 2.11. The average Bonchev–Trinajstić information content (AvgIpc) is 2.77. The molecular formula is C9H13N3O2S. The molecule has 82 valence electrons. The number of thiazole rings is 1. The molecule has 0 saturated heterocycles. The van der Waals surface area contributed by atoms with Gasteiger partial charge < -0.3 is 10.2 Å². The third kappa shape index (κ3) is 3.32. The first-order chi connectivity index (χ1) is 7.15. The standard InChI is InChI=1S/C9H13N3O2S/c1-3-12(2)8(13)4-10-9(14)7-5-15-6-11-7/h5-6H,3-4H2,1-2H3,(H,10,14). The fourth-order valence-electron chi connectivity index (χ4n) is 0.882. The lowest BCUT2D eigenvalue weighted by atomic mass is 10.4. The van der Waals surface area contributed by atoms with Gasteiger partial charge in [0, 0.05) is 19.0 Å². The summed E-state index contributed by atoms with van der Waals surface area (Å²) in [6.07, 6.45) is 0. The van der Waals surface area contributed by atoms with Crippen molar-refractivity contribution in [1.82, 2.24) is 15.2 Å². The molecule has 1 rings (SSSR count). The summed E-state index contributed by atoms with van der Waals surface area (Å²) in [5.41, 5.74) is 1.93. The molecule has 1 heterocycles. The van der Waals surface area contributed by atoms with E-state index in [0.29, 0.717) is 12.2 Å². The van der Waals surface area contributed by atoms with Crippen LogP contribution in [0.4, 0.5) is 0 Å². The second kappa shape index (κ2) is 5.45. The smallest absolute Gasteiger partial charge is 0.271 e. The van der Waals surface area contributed by atoms with E-state index in [-0.39, 0.29) is 18.4 Å². The molecule has 0 aliphatic heterocycles. The number of rotatable bonds is 4. The van der Waals surface area contributed by atoms with Gasteiger partial charge in [-0.1, -0.05) is 0 Å². The van der Waals surface area contributed by atoms with Crippen LogP contribution in [0, 0.1) is 0 Å². The zero-order valence-electron chi connectivity index (χ0n) is 8.69. The molecule has 0 aromatic carbocycles. The molecule has 5 nitrogen and oxygen atoms in total. The predicted molar refractivity (Wildman–Crippen MR) is 57.8 cm³/mol. The Bertz CT molecular complexity index is 337. The van der Waals surface area contributed by atoms with Crippen molar-refractivity contribution in [1.29, 1.82) is 0 Å². The summed E-state index contributed by atoms with van der Waals surface area (Å²) in [6, 6.07) is 0. The third-order valence-corrected chi connectivity index (χ3v) is 2.55. The van der Waals surface area contributed by atoms with Gasteiger partial charge in [0.1, 0.15) is 5.69 Å². The van der Waals surface area contributed by atoms with Crippen molar-refractivity contribution in [3.63, 3.8) is 0 Å². The van der Waals surface area contributed by atoms with Crippen LogP contribution in [0.15, 0.2) is 10.9 Å². The first-order valence-corrected chi connectivity index (χ1v) is 5.49. The maximum absolute atomic E-state index is 11.4. The fourth-order valence-corrected chi connectivity index (χ4v) is 1.41. The second-order valence-electron chi connectivity index (χ2n) is 2.96. The van der Waals surface area contributed by atoms with Crippen LogP contribution in [0.5, 0.6) is 0 Å². The highest BCUT2D eigenvalue weighted by Crippen LogP contribution is 1.99. The van der Waals surface area contributed by atoms with E-state index in [0.717, 1.165) is 0 Å². The van der Waals surface area contributed by atoms with Gasteiger partial charge in [-0.3, -0.25) is 9.59 Å². The molecule has 0 unspecified atom stereocenters. The van der Waals surface area contributed by atoms with Gasteiger partial charge >= 0.3 is 0 Å². The molecular weight excluding hydrogens is 214 g/mol. The van der Waals surface area contributed by atoms with Gasteiger partial charge in [0.05, 0.1) is 12.1 Å². The lowest BCUT2D eigenvalue weighted by molar-refractivity contribution is -0.128. The van der Waals surface area contributed by atoms with E-state index in [4.69, 9.17) is 0 Å². The van der Waals surface area contributed by atoms with E-state index in [1.165, 1.54) is 11.3 Å². The van der Waals surface area contributed by atoms with Crippen molar-refractivity contribution >= 4 is 23.2 Å². The highest BCUT2D eigenvalue weighted by molar-refractivity contribution is 7.07. The van der Waals surface area contributed by atoms with Crippen molar-refractivity contribution < 1.29 is 9.59 Å². The fraction of sp³-hybridized carbons (Fsp3) is 0.444. The van der Waals surface area contributed by atoms with Crippen LogP contribution >= 0.6 is 11.3 Å². The SMILES string of the molecule is CCN(C)C(=O)CNC(=O)c1cscn1. The van der Waals surface area contributed by atoms with Crippen molar-refractivity contribution in [3.05, 3.63) is 16.6 Å². The number of amides is 2.